The third-order valence-electron chi connectivity index (χ3n) is 4.62. The van der Waals surface area contributed by atoms with Crippen LogP contribution in [-0.4, -0.2) is 76.7 Å². The van der Waals surface area contributed by atoms with Crippen molar-refractivity contribution >= 4 is 21.7 Å². The molecule has 0 radical (unpaired) electrons. The van der Waals surface area contributed by atoms with Crippen LogP contribution in [0.2, 0.25) is 0 Å². The van der Waals surface area contributed by atoms with E-state index in [-0.39, 0.29) is 34.9 Å². The fraction of sp³-hybridized carbons (Fsp3) is 0.625. The van der Waals surface area contributed by atoms with Crippen LogP contribution in [0, 0.1) is 5.92 Å². The highest BCUT2D eigenvalue weighted by molar-refractivity contribution is 7.91. The monoisotopic (exact) mass is 366 g/mol. The number of carbonyl (C=O) groups excluding carboxylic acids is 2. The van der Waals surface area contributed by atoms with Crippen molar-refractivity contribution in [1.82, 2.24) is 19.8 Å². The molecule has 1 aromatic rings. The van der Waals surface area contributed by atoms with Crippen LogP contribution in [0.3, 0.4) is 0 Å². The van der Waals surface area contributed by atoms with Gasteiger partial charge in [0.15, 0.2) is 9.84 Å². The molecule has 0 N–H and O–H groups in total. The van der Waals surface area contributed by atoms with E-state index in [0.717, 1.165) is 0 Å². The summed E-state index contributed by atoms with van der Waals surface area (Å²) >= 11 is 0. The summed E-state index contributed by atoms with van der Waals surface area (Å²) in [4.78, 5) is 36.3. The molecule has 3 rings (SSSR count). The first-order chi connectivity index (χ1) is 11.8. The van der Waals surface area contributed by atoms with Crippen molar-refractivity contribution in [2.75, 3.05) is 24.6 Å². The van der Waals surface area contributed by atoms with Gasteiger partial charge in [0.05, 0.1) is 29.8 Å². The SMILES string of the molecule is CC(C)CC(=O)N1CCN(C(=O)c2cnccn2)[C@H]2CS(=O)(=O)C[C@H]21. The number of hydrogen-bond acceptors (Lipinski definition) is 6. The number of carbonyl (C=O) groups is 2. The Balaban J connectivity index is 1.86. The van der Waals surface area contributed by atoms with Crippen LogP contribution < -0.4 is 0 Å². The highest BCUT2D eigenvalue weighted by Gasteiger charge is 2.49. The summed E-state index contributed by atoms with van der Waals surface area (Å²) in [5.74, 6) is -0.394. The molecule has 1 aromatic heterocycles. The normalized spacial score (nSPS) is 25.1. The van der Waals surface area contributed by atoms with Gasteiger partial charge in [0.1, 0.15) is 5.69 Å². The minimum atomic E-state index is -3.30. The Bertz CT molecular complexity index is 766. The van der Waals surface area contributed by atoms with Crippen molar-refractivity contribution in [3.05, 3.63) is 24.3 Å². The predicted molar refractivity (Wildman–Crippen MR) is 90.5 cm³/mol. The minimum absolute atomic E-state index is 0.0475. The van der Waals surface area contributed by atoms with E-state index in [4.69, 9.17) is 0 Å². The first kappa shape index (κ1) is 17.8. The number of sulfone groups is 1. The zero-order valence-corrected chi connectivity index (χ0v) is 15.1. The first-order valence-electron chi connectivity index (χ1n) is 8.35. The van der Waals surface area contributed by atoms with E-state index in [1.807, 2.05) is 13.8 Å². The van der Waals surface area contributed by atoms with Gasteiger partial charge in [-0.3, -0.25) is 14.6 Å². The Hall–Kier alpha value is -2.03. The van der Waals surface area contributed by atoms with E-state index >= 15 is 0 Å². The third-order valence-corrected chi connectivity index (χ3v) is 6.32. The summed E-state index contributed by atoms with van der Waals surface area (Å²) in [6, 6.07) is -1.00. The smallest absolute Gasteiger partial charge is 0.274 e. The van der Waals surface area contributed by atoms with Gasteiger partial charge in [-0.2, -0.15) is 0 Å². The van der Waals surface area contributed by atoms with Gasteiger partial charge in [-0.25, -0.2) is 13.4 Å². The van der Waals surface area contributed by atoms with E-state index in [1.165, 1.54) is 18.6 Å². The van der Waals surface area contributed by atoms with Gasteiger partial charge in [0.2, 0.25) is 5.91 Å². The standard InChI is InChI=1S/C16H22N4O4S/c1-11(2)7-15(21)19-5-6-20(14-10-25(23,24)9-13(14)19)16(22)12-8-17-3-4-18-12/h3-4,8,11,13-14H,5-7,9-10H2,1-2H3/t13-,14+/m1/s1. The molecule has 2 saturated heterocycles. The fourth-order valence-corrected chi connectivity index (χ4v) is 5.52. The molecule has 0 bridgehead atoms. The summed E-state index contributed by atoms with van der Waals surface area (Å²) in [7, 11) is -3.30. The van der Waals surface area contributed by atoms with E-state index in [2.05, 4.69) is 9.97 Å². The second-order valence-electron chi connectivity index (χ2n) is 6.99. The van der Waals surface area contributed by atoms with Crippen LogP contribution in [0.4, 0.5) is 0 Å². The molecular formula is C16H22N4O4S. The van der Waals surface area contributed by atoms with Gasteiger partial charge in [-0.15, -0.1) is 0 Å². The molecule has 2 aliphatic heterocycles. The quantitative estimate of drug-likeness (QED) is 0.745. The van der Waals surface area contributed by atoms with Crippen LogP contribution in [0.1, 0.15) is 30.8 Å². The number of nitrogens with zero attached hydrogens (tertiary/aromatic N) is 4. The van der Waals surface area contributed by atoms with E-state index in [1.54, 1.807) is 9.80 Å². The van der Waals surface area contributed by atoms with Crippen LogP contribution in [0.5, 0.6) is 0 Å². The van der Waals surface area contributed by atoms with Crippen LogP contribution in [0.25, 0.3) is 0 Å². The van der Waals surface area contributed by atoms with Gasteiger partial charge in [-0.05, 0) is 5.92 Å². The molecule has 9 heteroatoms. The van der Waals surface area contributed by atoms with Crippen molar-refractivity contribution in [3.63, 3.8) is 0 Å². The van der Waals surface area contributed by atoms with Gasteiger partial charge in [0, 0.05) is 31.9 Å². The molecule has 8 nitrogen and oxygen atoms in total. The highest BCUT2D eigenvalue weighted by Crippen LogP contribution is 2.28. The van der Waals surface area contributed by atoms with Gasteiger partial charge < -0.3 is 9.80 Å². The highest BCUT2D eigenvalue weighted by atomic mass is 32.2. The summed E-state index contributed by atoms with van der Waals surface area (Å²) < 4.78 is 24.4. The average molecular weight is 366 g/mol. The lowest BCUT2D eigenvalue weighted by molar-refractivity contribution is -0.137. The number of rotatable bonds is 3. The maximum absolute atomic E-state index is 12.7. The molecule has 2 aliphatic rings. The molecule has 136 valence electrons. The molecule has 25 heavy (non-hydrogen) atoms. The Morgan fingerprint density at radius 2 is 1.80 bits per heavy atom. The van der Waals surface area contributed by atoms with Crippen LogP contribution in [-0.2, 0) is 14.6 Å². The van der Waals surface area contributed by atoms with E-state index < -0.39 is 21.9 Å². The second kappa shape index (κ2) is 6.70. The summed E-state index contributed by atoms with van der Waals surface area (Å²) in [6.07, 6.45) is 4.65. The maximum atomic E-state index is 12.7. The van der Waals surface area contributed by atoms with E-state index in [0.29, 0.717) is 19.5 Å². The number of fused-ring (bicyclic) bond motifs is 1. The summed E-state index contributed by atoms with van der Waals surface area (Å²) in [5.41, 5.74) is 0.188. The van der Waals surface area contributed by atoms with Crippen molar-refractivity contribution in [2.24, 2.45) is 5.92 Å². The lowest BCUT2D eigenvalue weighted by atomic mass is 10.0. The summed E-state index contributed by atoms with van der Waals surface area (Å²) in [5, 5.41) is 0. The third kappa shape index (κ3) is 3.65. The molecule has 0 unspecified atom stereocenters. The summed E-state index contributed by atoms with van der Waals surface area (Å²) in [6.45, 7) is 4.55. The Labute approximate surface area is 147 Å². The molecular weight excluding hydrogens is 344 g/mol. The van der Waals surface area contributed by atoms with Crippen LogP contribution in [0.15, 0.2) is 18.6 Å². The lowest BCUT2D eigenvalue weighted by Crippen LogP contribution is -2.62. The number of amides is 2. The Morgan fingerprint density at radius 1 is 1.16 bits per heavy atom. The number of aromatic nitrogens is 2. The van der Waals surface area contributed by atoms with Crippen molar-refractivity contribution < 1.29 is 18.0 Å². The van der Waals surface area contributed by atoms with Gasteiger partial charge in [-0.1, -0.05) is 13.8 Å². The lowest BCUT2D eigenvalue weighted by Gasteiger charge is -2.44. The molecule has 2 fully saturated rings. The molecule has 3 heterocycles. The largest absolute Gasteiger partial charge is 0.335 e. The Morgan fingerprint density at radius 3 is 2.40 bits per heavy atom. The van der Waals surface area contributed by atoms with Gasteiger partial charge >= 0.3 is 0 Å². The van der Waals surface area contributed by atoms with Crippen LogP contribution >= 0.6 is 0 Å². The molecule has 2 amide bonds. The number of piperazine rings is 1. The zero-order valence-electron chi connectivity index (χ0n) is 14.3. The van der Waals surface area contributed by atoms with E-state index in [9.17, 15) is 18.0 Å². The second-order valence-corrected chi connectivity index (χ2v) is 9.14. The average Bonchev–Trinajstić information content (AvgIpc) is 2.88. The van der Waals surface area contributed by atoms with Crippen molar-refractivity contribution in [1.29, 1.82) is 0 Å². The maximum Gasteiger partial charge on any atom is 0.274 e. The fourth-order valence-electron chi connectivity index (χ4n) is 3.54. The topological polar surface area (TPSA) is 101 Å². The molecule has 0 aromatic carbocycles. The minimum Gasteiger partial charge on any atom is -0.335 e. The van der Waals surface area contributed by atoms with Crippen molar-refractivity contribution in [2.45, 2.75) is 32.4 Å². The first-order valence-corrected chi connectivity index (χ1v) is 10.2. The zero-order chi connectivity index (χ0) is 18.2. The van der Waals surface area contributed by atoms with Gasteiger partial charge in [0.25, 0.3) is 5.91 Å². The molecule has 2 atom stereocenters. The predicted octanol–water partition coefficient (Wildman–Crippen LogP) is -0.0273. The molecule has 0 spiro atoms. The molecule has 0 saturated carbocycles. The van der Waals surface area contributed by atoms with Crippen molar-refractivity contribution in [3.8, 4) is 0 Å². The molecule has 0 aliphatic carbocycles. The Kier molecular flexibility index (Phi) is 4.77. The number of hydrogen-bond donors (Lipinski definition) is 0.